The molecule has 0 bridgehead atoms. The Morgan fingerprint density at radius 3 is 1.98 bits per heavy atom. The highest BCUT2D eigenvalue weighted by Crippen LogP contribution is 2.26. The number of ether oxygens (including phenoxy) is 1. The molecule has 0 saturated carbocycles. The van der Waals surface area contributed by atoms with Crippen molar-refractivity contribution < 1.29 is 22.7 Å². The second-order valence-electron chi connectivity index (χ2n) is 11.1. The Kier molecular flexibility index (Phi) is 11.4. The van der Waals surface area contributed by atoms with Crippen LogP contribution in [-0.2, 0) is 32.6 Å². The molecule has 0 aliphatic rings. The van der Waals surface area contributed by atoms with E-state index in [1.807, 2.05) is 82.3 Å². The molecule has 45 heavy (non-hydrogen) atoms. The molecule has 8 nitrogen and oxygen atoms in total. The number of carbonyl (C=O) groups is 2. The maximum Gasteiger partial charge on any atom is 0.264 e. The molecular formula is C36H41N3O5S. The Hall–Kier alpha value is -4.63. The lowest BCUT2D eigenvalue weighted by Crippen LogP contribution is -2.54. The molecule has 0 radical (unpaired) electrons. The smallest absolute Gasteiger partial charge is 0.264 e. The van der Waals surface area contributed by atoms with Crippen LogP contribution in [0.2, 0.25) is 0 Å². The molecule has 0 aromatic heterocycles. The molecule has 0 saturated heterocycles. The van der Waals surface area contributed by atoms with Crippen molar-refractivity contribution >= 4 is 27.5 Å². The number of aryl methyl sites for hydroxylation is 1. The largest absolute Gasteiger partial charge is 0.494 e. The fraction of sp³-hybridized carbons (Fsp3) is 0.278. The summed E-state index contributed by atoms with van der Waals surface area (Å²) in [4.78, 5) is 29.7. The normalized spacial score (nSPS) is 11.9. The third kappa shape index (κ3) is 8.95. The molecular weight excluding hydrogens is 586 g/mol. The highest BCUT2D eigenvalue weighted by atomic mass is 32.2. The highest BCUT2D eigenvalue weighted by molar-refractivity contribution is 7.92. The first kappa shape index (κ1) is 33.3. The number of carbonyl (C=O) groups excluding carboxylic acids is 2. The predicted octanol–water partition coefficient (Wildman–Crippen LogP) is 5.75. The van der Waals surface area contributed by atoms with Crippen LogP contribution in [0.25, 0.3) is 0 Å². The van der Waals surface area contributed by atoms with Crippen molar-refractivity contribution in [3.8, 4) is 5.75 Å². The molecule has 0 aliphatic heterocycles. The second kappa shape index (κ2) is 15.4. The van der Waals surface area contributed by atoms with Gasteiger partial charge in [-0.15, -0.1) is 0 Å². The molecule has 9 heteroatoms. The summed E-state index contributed by atoms with van der Waals surface area (Å²) in [6.45, 7) is 7.61. The minimum Gasteiger partial charge on any atom is -0.494 e. The SMILES string of the molecule is CCOc1ccc(S(=O)(=O)N(CC(=O)N(Cc2ccc(C)cc2)C(Cc2ccccc2)C(=O)NC(C)C)c2ccccc2)cc1. The van der Waals surface area contributed by atoms with Crippen LogP contribution in [0.3, 0.4) is 0 Å². The van der Waals surface area contributed by atoms with Crippen molar-refractivity contribution in [1.82, 2.24) is 10.2 Å². The Labute approximate surface area is 266 Å². The van der Waals surface area contributed by atoms with Gasteiger partial charge in [0.2, 0.25) is 11.8 Å². The van der Waals surface area contributed by atoms with Crippen LogP contribution in [-0.4, -0.2) is 50.4 Å². The third-order valence-electron chi connectivity index (χ3n) is 7.22. The van der Waals surface area contributed by atoms with Crippen LogP contribution in [0.5, 0.6) is 5.75 Å². The van der Waals surface area contributed by atoms with E-state index in [2.05, 4.69) is 5.32 Å². The summed E-state index contributed by atoms with van der Waals surface area (Å²) in [5.41, 5.74) is 3.10. The standard InChI is InChI=1S/C36H41N3O5S/c1-5-44-32-20-22-33(23-21-32)45(42,43)39(31-14-10-7-11-15-31)26-35(40)38(25-30-18-16-28(4)17-19-30)34(36(41)37-27(2)3)24-29-12-8-6-9-13-29/h6-23,27,34H,5,24-26H2,1-4H3,(H,37,41). The molecule has 0 spiro atoms. The molecule has 4 aromatic rings. The molecule has 1 unspecified atom stereocenters. The van der Waals surface area contributed by atoms with Crippen molar-refractivity contribution in [2.24, 2.45) is 0 Å². The van der Waals surface area contributed by atoms with E-state index in [0.29, 0.717) is 18.0 Å². The predicted molar refractivity (Wildman–Crippen MR) is 178 cm³/mol. The first-order chi connectivity index (χ1) is 21.6. The second-order valence-corrected chi connectivity index (χ2v) is 13.0. The number of anilines is 1. The topological polar surface area (TPSA) is 96.0 Å². The van der Waals surface area contributed by atoms with Crippen LogP contribution >= 0.6 is 0 Å². The van der Waals surface area contributed by atoms with E-state index in [4.69, 9.17) is 4.74 Å². The highest BCUT2D eigenvalue weighted by Gasteiger charge is 2.34. The number of benzene rings is 4. The first-order valence-corrected chi connectivity index (χ1v) is 16.5. The number of para-hydroxylation sites is 1. The minimum absolute atomic E-state index is 0.0195. The monoisotopic (exact) mass is 627 g/mol. The Bertz CT molecular complexity index is 1640. The van der Waals surface area contributed by atoms with E-state index in [1.165, 1.54) is 17.0 Å². The van der Waals surface area contributed by atoms with Gasteiger partial charge in [0.15, 0.2) is 0 Å². The summed E-state index contributed by atoms with van der Waals surface area (Å²) >= 11 is 0. The van der Waals surface area contributed by atoms with Crippen LogP contribution in [0.15, 0.2) is 114 Å². The lowest BCUT2D eigenvalue weighted by atomic mass is 10.0. The van der Waals surface area contributed by atoms with Gasteiger partial charge in [0.05, 0.1) is 17.2 Å². The minimum atomic E-state index is -4.19. The quantitative estimate of drug-likeness (QED) is 0.192. The molecule has 236 valence electrons. The number of hydrogen-bond acceptors (Lipinski definition) is 5. The fourth-order valence-corrected chi connectivity index (χ4v) is 6.36. The number of nitrogens with zero attached hydrogens (tertiary/aromatic N) is 2. The zero-order valence-corrected chi connectivity index (χ0v) is 27.0. The van der Waals surface area contributed by atoms with Crippen LogP contribution in [0.1, 0.15) is 37.5 Å². The Morgan fingerprint density at radius 1 is 0.800 bits per heavy atom. The fourth-order valence-electron chi connectivity index (χ4n) is 4.95. The number of nitrogens with one attached hydrogen (secondary N) is 1. The molecule has 1 atom stereocenters. The van der Waals surface area contributed by atoms with Crippen molar-refractivity contribution in [3.63, 3.8) is 0 Å². The van der Waals surface area contributed by atoms with Gasteiger partial charge in [-0.1, -0.05) is 78.4 Å². The summed E-state index contributed by atoms with van der Waals surface area (Å²) in [6, 6.07) is 30.8. The lowest BCUT2D eigenvalue weighted by molar-refractivity contribution is -0.140. The van der Waals surface area contributed by atoms with E-state index < -0.39 is 28.5 Å². The summed E-state index contributed by atoms with van der Waals surface area (Å²) in [6.07, 6.45) is 0.258. The van der Waals surface area contributed by atoms with Gasteiger partial charge < -0.3 is 15.0 Å². The van der Waals surface area contributed by atoms with Gasteiger partial charge in [-0.3, -0.25) is 13.9 Å². The van der Waals surface area contributed by atoms with Crippen LogP contribution < -0.4 is 14.4 Å². The number of hydrogen-bond donors (Lipinski definition) is 1. The molecule has 4 rings (SSSR count). The van der Waals surface area contributed by atoms with E-state index in [1.54, 1.807) is 42.5 Å². The molecule has 0 aliphatic carbocycles. The van der Waals surface area contributed by atoms with Gasteiger partial charge in [0, 0.05) is 19.0 Å². The molecule has 2 amide bonds. The summed E-state index contributed by atoms with van der Waals surface area (Å²) in [5, 5.41) is 2.97. The van der Waals surface area contributed by atoms with Gasteiger partial charge >= 0.3 is 0 Å². The third-order valence-corrected chi connectivity index (χ3v) is 9.01. The average molecular weight is 628 g/mol. The van der Waals surface area contributed by atoms with Crippen molar-refractivity contribution in [3.05, 3.63) is 126 Å². The van der Waals surface area contributed by atoms with Crippen LogP contribution in [0.4, 0.5) is 5.69 Å². The Morgan fingerprint density at radius 2 is 1.40 bits per heavy atom. The van der Waals surface area contributed by atoms with Gasteiger partial charge in [0.25, 0.3) is 10.0 Å². The van der Waals surface area contributed by atoms with Crippen molar-refractivity contribution in [2.75, 3.05) is 17.5 Å². The van der Waals surface area contributed by atoms with Gasteiger partial charge in [-0.05, 0) is 75.2 Å². The molecule has 0 fully saturated rings. The number of rotatable bonds is 14. The van der Waals surface area contributed by atoms with Gasteiger partial charge in [0.1, 0.15) is 18.3 Å². The van der Waals surface area contributed by atoms with Gasteiger partial charge in [-0.25, -0.2) is 8.42 Å². The van der Waals surface area contributed by atoms with Crippen molar-refractivity contribution in [2.45, 2.75) is 57.6 Å². The zero-order valence-electron chi connectivity index (χ0n) is 26.2. The molecule has 4 aromatic carbocycles. The maximum atomic E-state index is 14.5. The zero-order chi connectivity index (χ0) is 32.4. The number of amides is 2. The van der Waals surface area contributed by atoms with Crippen molar-refractivity contribution in [1.29, 1.82) is 0 Å². The van der Waals surface area contributed by atoms with E-state index >= 15 is 0 Å². The summed E-state index contributed by atoms with van der Waals surface area (Å²) in [7, 11) is -4.19. The van der Waals surface area contributed by atoms with E-state index in [9.17, 15) is 18.0 Å². The Balaban J connectivity index is 1.77. The van der Waals surface area contributed by atoms with E-state index in [-0.39, 0.29) is 29.8 Å². The average Bonchev–Trinajstić information content (AvgIpc) is 3.03. The lowest BCUT2D eigenvalue weighted by Gasteiger charge is -2.34. The van der Waals surface area contributed by atoms with Crippen LogP contribution in [0, 0.1) is 6.92 Å². The molecule has 0 heterocycles. The number of sulfonamides is 1. The molecule has 1 N–H and O–H groups in total. The summed E-state index contributed by atoms with van der Waals surface area (Å²) in [5.74, 6) is -0.272. The van der Waals surface area contributed by atoms with E-state index in [0.717, 1.165) is 21.0 Å². The maximum absolute atomic E-state index is 14.5. The summed E-state index contributed by atoms with van der Waals surface area (Å²) < 4.78 is 34.9. The van der Waals surface area contributed by atoms with Gasteiger partial charge in [-0.2, -0.15) is 0 Å². The first-order valence-electron chi connectivity index (χ1n) is 15.1.